The monoisotopic (exact) mass is 557 g/mol. The zero-order valence-electron chi connectivity index (χ0n) is 14.7. The quantitative estimate of drug-likeness (QED) is 0.311. The Kier molecular flexibility index (Phi) is 30.4. The fourth-order valence-corrected chi connectivity index (χ4v) is 4.35. The Bertz CT molecular complexity index is 583. The van der Waals surface area contributed by atoms with E-state index in [1.807, 2.05) is 0 Å². The zero-order valence-corrected chi connectivity index (χ0v) is 18.6. The van der Waals surface area contributed by atoms with E-state index in [1.54, 1.807) is 0 Å². The van der Waals surface area contributed by atoms with Crippen LogP contribution in [0.2, 0.25) is 0 Å². The number of aryl methyl sites for hydroxylation is 1. The molecule has 0 saturated carbocycles. The molecule has 0 aromatic heterocycles. The summed E-state index contributed by atoms with van der Waals surface area (Å²) in [6.45, 7) is 27.2. The maximum atomic E-state index is 7.50. The van der Waals surface area contributed by atoms with Crippen LogP contribution in [-0.4, -0.2) is 23.2 Å². The predicted octanol–water partition coefficient (Wildman–Crippen LogP) is 3.10. The van der Waals surface area contributed by atoms with Crippen LogP contribution in [0.4, 0.5) is 0 Å². The molecule has 0 radical (unpaired) electrons. The van der Waals surface area contributed by atoms with E-state index in [1.165, 1.54) is 48.9 Å². The van der Waals surface area contributed by atoms with Gasteiger partial charge in [0.05, 0.1) is 0 Å². The fraction of sp³-hybridized carbons (Fsp3) is 0.333. The van der Waals surface area contributed by atoms with E-state index < -0.39 is 8.22 Å². The van der Waals surface area contributed by atoms with Crippen molar-refractivity contribution in [3.8, 4) is 0 Å². The summed E-state index contributed by atoms with van der Waals surface area (Å²) in [7, 11) is -0.614. The van der Waals surface area contributed by atoms with Crippen LogP contribution >= 0.6 is 8.22 Å². The van der Waals surface area contributed by atoms with Gasteiger partial charge in [-0.3, -0.25) is 0 Å². The van der Waals surface area contributed by atoms with Crippen molar-refractivity contribution >= 4 is 13.7 Å². The Morgan fingerprint density at radius 2 is 1.19 bits per heavy atom. The van der Waals surface area contributed by atoms with E-state index in [2.05, 4.69) is 69.1 Å². The van der Waals surface area contributed by atoms with Crippen molar-refractivity contribution < 1.29 is 44.3 Å². The molecule has 0 bridgehead atoms. The molecule has 0 spiro atoms. The average molecular weight is 557 g/mol. The Hall–Kier alpha value is -1.33. The molecule has 3 rings (SSSR count). The van der Waals surface area contributed by atoms with Crippen LogP contribution < -0.4 is 0 Å². The van der Waals surface area contributed by atoms with Gasteiger partial charge in [-0.25, -0.2) is 0 Å². The first kappa shape index (κ1) is 33.3. The third-order valence-corrected chi connectivity index (χ3v) is 5.45. The predicted molar refractivity (Wildman–Crippen MR) is 91.1 cm³/mol. The molecule has 1 unspecified atom stereocenters. The fourth-order valence-electron chi connectivity index (χ4n) is 2.31. The number of nitrogens with zero attached hydrogens (tertiary/aromatic N) is 2. The summed E-state index contributed by atoms with van der Waals surface area (Å²) in [6.07, 6.45) is 4.14. The molecule has 1 saturated heterocycles. The van der Waals surface area contributed by atoms with Crippen molar-refractivity contribution in [3.63, 3.8) is 0 Å². The van der Waals surface area contributed by atoms with E-state index in [0.29, 0.717) is 0 Å². The smallest absolute Gasteiger partial charge is 0 e. The molecule has 1 atom stereocenters. The Morgan fingerprint density at radius 1 is 0.778 bits per heavy atom. The number of hydrogen-bond donors (Lipinski definition) is 0. The van der Waals surface area contributed by atoms with Crippen LogP contribution in [0.25, 0.3) is 0 Å². The summed E-state index contributed by atoms with van der Waals surface area (Å²) in [5.41, 5.74) is 4.08. The van der Waals surface area contributed by atoms with E-state index in [4.69, 9.17) is 28.0 Å². The van der Waals surface area contributed by atoms with Crippen molar-refractivity contribution in [3.05, 3.63) is 68.6 Å². The van der Waals surface area contributed by atoms with Gasteiger partial charge >= 0.3 is 56.5 Å². The minimum Gasteiger partial charge on any atom is 0 e. The molecule has 0 N–H and O–H groups in total. The Labute approximate surface area is 175 Å². The van der Waals surface area contributed by atoms with Crippen molar-refractivity contribution in [2.45, 2.75) is 26.2 Å². The molecule has 0 amide bonds. The molecular formula is C18H18N2O5PW+. The molecule has 0 aliphatic carbocycles. The largest absolute Gasteiger partial charge is 0 e. The van der Waals surface area contributed by atoms with Crippen LogP contribution in [0.1, 0.15) is 30.4 Å². The van der Waals surface area contributed by atoms with E-state index in [-0.39, 0.29) is 21.1 Å². The summed E-state index contributed by atoms with van der Waals surface area (Å²) in [5.74, 6) is 0. The van der Waals surface area contributed by atoms with Gasteiger partial charge in [0.15, 0.2) is 0 Å². The Morgan fingerprint density at radius 3 is 1.59 bits per heavy atom. The van der Waals surface area contributed by atoms with Crippen molar-refractivity contribution in [2.24, 2.45) is 4.76 Å². The number of benzene rings is 1. The number of hydrogen-bond acceptors (Lipinski definition) is 2. The summed E-state index contributed by atoms with van der Waals surface area (Å²) in [5, 5.41) is 0. The second kappa shape index (κ2) is 24.7. The van der Waals surface area contributed by atoms with Gasteiger partial charge in [0.2, 0.25) is 0 Å². The van der Waals surface area contributed by atoms with E-state index in [9.17, 15) is 0 Å². The normalized spacial score (nSPS) is 15.4. The van der Waals surface area contributed by atoms with E-state index >= 15 is 0 Å². The van der Waals surface area contributed by atoms with Gasteiger partial charge in [0.25, 0.3) is 13.7 Å². The van der Waals surface area contributed by atoms with Crippen LogP contribution in [0, 0.1) is 40.2 Å². The third-order valence-electron chi connectivity index (χ3n) is 3.36. The third kappa shape index (κ3) is 13.5. The van der Waals surface area contributed by atoms with Crippen LogP contribution in [0.5, 0.6) is 0 Å². The molecule has 1 fully saturated rings. The van der Waals surface area contributed by atoms with Crippen molar-refractivity contribution in [1.82, 2.24) is 4.67 Å². The minimum absolute atomic E-state index is 0. The topological polar surface area (TPSA) is 115 Å². The molecule has 1 aromatic rings. The zero-order chi connectivity index (χ0) is 21.0. The van der Waals surface area contributed by atoms with Gasteiger partial charge < -0.3 is 0 Å². The first-order valence-corrected chi connectivity index (χ1v) is 8.54. The molecule has 27 heavy (non-hydrogen) atoms. The van der Waals surface area contributed by atoms with Crippen molar-refractivity contribution in [2.75, 3.05) is 13.1 Å². The maximum Gasteiger partial charge on any atom is 0 e. The van der Waals surface area contributed by atoms with Gasteiger partial charge in [0.1, 0.15) is 0 Å². The minimum atomic E-state index is -0.614. The summed E-state index contributed by atoms with van der Waals surface area (Å²) in [4.78, 5) is 0. The number of piperidine rings is 1. The van der Waals surface area contributed by atoms with Gasteiger partial charge in [-0.1, -0.05) is 28.9 Å². The molecule has 140 valence electrons. The second-order valence-electron chi connectivity index (χ2n) is 4.70. The molecule has 1 aromatic carbocycles. The van der Waals surface area contributed by atoms with Crippen LogP contribution in [-0.2, 0) is 44.3 Å². The van der Waals surface area contributed by atoms with Crippen molar-refractivity contribution in [1.29, 1.82) is 0 Å². The first-order chi connectivity index (χ1) is 12.8. The first-order valence-electron chi connectivity index (χ1n) is 7.15. The van der Waals surface area contributed by atoms with Gasteiger partial charge in [0, 0.05) is 39.7 Å². The number of rotatable bonds is 2. The molecule has 2 aliphatic heterocycles. The van der Waals surface area contributed by atoms with Crippen LogP contribution in [0.15, 0.2) is 29.0 Å². The van der Waals surface area contributed by atoms with Crippen LogP contribution in [0.3, 0.4) is 0 Å². The summed E-state index contributed by atoms with van der Waals surface area (Å²) in [6, 6.07) is 8.81. The molecule has 2 heterocycles. The van der Waals surface area contributed by atoms with Gasteiger partial charge in [-0.15, -0.1) is 0 Å². The SMILES string of the molecule is Cc1ccc(C2=N[PH+]2N2CCCCC2)cc1.[C-]#[O+].[C-]#[O+].[C-]#[O+].[C-]#[O+].[C-]#[O+].[W]. The van der Waals surface area contributed by atoms with Gasteiger partial charge in [-0.05, 0) is 31.9 Å². The molecule has 2 aliphatic rings. The summed E-state index contributed by atoms with van der Waals surface area (Å²) < 4.78 is 44.8. The maximum absolute atomic E-state index is 7.50. The van der Waals surface area contributed by atoms with E-state index in [0.717, 1.165) is 0 Å². The molecular weight excluding hydrogens is 539 g/mol. The average Bonchev–Trinajstić information content (AvgIpc) is 3.57. The summed E-state index contributed by atoms with van der Waals surface area (Å²) >= 11 is 0. The molecule has 7 nitrogen and oxygen atoms in total. The molecule has 9 heteroatoms. The van der Waals surface area contributed by atoms with Gasteiger partial charge in [-0.2, -0.15) is 4.67 Å². The Balaban J connectivity index is -0.000000211. The second-order valence-corrected chi connectivity index (χ2v) is 6.67. The standard InChI is InChI=1S/C13H17N2P.5CO.W/c1-11-5-7-12(8-6-11)13-14-16(13)15-9-3-2-4-10-15;5*1-2;/h5-8H,2-4,9-10H2,1H3;;;;;;/p+1.